The maximum atomic E-state index is 12.7. The van der Waals surface area contributed by atoms with Crippen LogP contribution >= 0.6 is 0 Å². The zero-order chi connectivity index (χ0) is 18.3. The maximum Gasteiger partial charge on any atom is 0.223 e. The second-order valence-corrected chi connectivity index (χ2v) is 9.51. The highest BCUT2D eigenvalue weighted by Gasteiger charge is 2.49. The molecule has 1 aromatic heterocycles. The third kappa shape index (κ3) is 3.42. The molecule has 0 unspecified atom stereocenters. The number of nitrogens with one attached hydrogen (secondary N) is 1. The van der Waals surface area contributed by atoms with Crippen molar-refractivity contribution in [2.24, 2.45) is 11.8 Å². The minimum Gasteiger partial charge on any atom is -0.355 e. The first kappa shape index (κ1) is 17.7. The van der Waals surface area contributed by atoms with E-state index in [1.807, 2.05) is 4.90 Å². The standard InChI is InChI=1S/C17H25N5O3S/c1-26(24,25)20-8-15-13-7-12(14-3-2-4-17(23)22(14)15)10-21(11-13)16-9-18-5-6-19-16/h5-6,9,12-15,20H,2-4,7-8,10-11H2,1H3/t12-,13+,14+,15+/m1/s1. The molecule has 0 aliphatic carbocycles. The van der Waals surface area contributed by atoms with Gasteiger partial charge in [-0.25, -0.2) is 18.1 Å². The smallest absolute Gasteiger partial charge is 0.223 e. The Hall–Kier alpha value is -1.74. The number of amides is 1. The molecule has 3 saturated heterocycles. The lowest BCUT2D eigenvalue weighted by atomic mass is 9.72. The lowest BCUT2D eigenvalue weighted by Crippen LogP contribution is -2.67. The second kappa shape index (κ2) is 6.77. The van der Waals surface area contributed by atoms with Crippen molar-refractivity contribution in [3.05, 3.63) is 18.6 Å². The van der Waals surface area contributed by atoms with Crippen LogP contribution in [0.25, 0.3) is 0 Å². The van der Waals surface area contributed by atoms with Gasteiger partial charge in [-0.3, -0.25) is 9.78 Å². The van der Waals surface area contributed by atoms with E-state index in [1.165, 1.54) is 6.26 Å². The number of carbonyl (C=O) groups excluding carboxylic acids is 1. The Bertz CT molecular complexity index is 772. The monoisotopic (exact) mass is 379 g/mol. The van der Waals surface area contributed by atoms with Crippen molar-refractivity contribution in [1.82, 2.24) is 19.6 Å². The molecule has 142 valence electrons. The molecule has 1 amide bonds. The van der Waals surface area contributed by atoms with Gasteiger partial charge in [0.05, 0.1) is 18.5 Å². The van der Waals surface area contributed by atoms with Gasteiger partial charge in [0.2, 0.25) is 15.9 Å². The number of nitrogens with zero attached hydrogens (tertiary/aromatic N) is 4. The van der Waals surface area contributed by atoms with Gasteiger partial charge in [0.15, 0.2) is 0 Å². The summed E-state index contributed by atoms with van der Waals surface area (Å²) >= 11 is 0. The van der Waals surface area contributed by atoms with Gasteiger partial charge in [-0.1, -0.05) is 0 Å². The van der Waals surface area contributed by atoms with Gasteiger partial charge in [-0.05, 0) is 31.1 Å². The minimum absolute atomic E-state index is 0.0988. The van der Waals surface area contributed by atoms with E-state index in [1.54, 1.807) is 18.6 Å². The molecule has 4 heterocycles. The highest BCUT2D eigenvalue weighted by atomic mass is 32.2. The minimum atomic E-state index is -3.30. The van der Waals surface area contributed by atoms with Crippen molar-refractivity contribution in [2.75, 3.05) is 30.8 Å². The fourth-order valence-corrected chi connectivity index (χ4v) is 5.39. The van der Waals surface area contributed by atoms with Crippen LogP contribution < -0.4 is 9.62 Å². The van der Waals surface area contributed by atoms with E-state index in [2.05, 4.69) is 19.6 Å². The number of sulfonamides is 1. The summed E-state index contributed by atoms with van der Waals surface area (Å²) in [5, 5.41) is 0. The highest BCUT2D eigenvalue weighted by molar-refractivity contribution is 7.88. The molecule has 0 spiro atoms. The van der Waals surface area contributed by atoms with Crippen LogP contribution in [0.1, 0.15) is 25.7 Å². The number of piperidine rings is 3. The molecular weight excluding hydrogens is 354 g/mol. The molecule has 2 bridgehead atoms. The molecule has 3 aliphatic heterocycles. The van der Waals surface area contributed by atoms with E-state index in [4.69, 9.17) is 0 Å². The van der Waals surface area contributed by atoms with E-state index < -0.39 is 10.0 Å². The number of aromatic nitrogens is 2. The summed E-state index contributed by atoms with van der Waals surface area (Å²) in [7, 11) is -3.30. The molecule has 8 nitrogen and oxygen atoms in total. The SMILES string of the molecule is CS(=O)(=O)NC[C@H]1[C@H]2C[C@H](CN(c3cnccn3)C2)[C@@H]2CCCC(=O)N21. The maximum absolute atomic E-state index is 12.7. The average Bonchev–Trinajstić information content (AvgIpc) is 2.62. The normalized spacial score (nSPS) is 31.7. The molecule has 1 aromatic rings. The molecule has 1 N–H and O–H groups in total. The van der Waals surface area contributed by atoms with Crippen LogP contribution in [0.3, 0.4) is 0 Å². The zero-order valence-corrected chi connectivity index (χ0v) is 15.7. The predicted molar refractivity (Wildman–Crippen MR) is 97.0 cm³/mol. The Morgan fingerprint density at radius 1 is 1.27 bits per heavy atom. The van der Waals surface area contributed by atoms with Crippen molar-refractivity contribution < 1.29 is 13.2 Å². The molecule has 0 aromatic carbocycles. The van der Waals surface area contributed by atoms with Gasteiger partial charge in [-0.2, -0.15) is 0 Å². The lowest BCUT2D eigenvalue weighted by Gasteiger charge is -2.56. The number of hydrogen-bond donors (Lipinski definition) is 1. The van der Waals surface area contributed by atoms with Crippen molar-refractivity contribution in [2.45, 2.75) is 37.8 Å². The van der Waals surface area contributed by atoms with Crippen LogP contribution in [-0.4, -0.2) is 67.2 Å². The number of hydrogen-bond acceptors (Lipinski definition) is 6. The molecule has 4 atom stereocenters. The van der Waals surface area contributed by atoms with Gasteiger partial charge in [0.1, 0.15) is 5.82 Å². The highest BCUT2D eigenvalue weighted by Crippen LogP contribution is 2.42. The molecule has 3 aliphatic rings. The van der Waals surface area contributed by atoms with Crippen LogP contribution in [0.5, 0.6) is 0 Å². The second-order valence-electron chi connectivity index (χ2n) is 7.67. The topological polar surface area (TPSA) is 95.5 Å². The number of carbonyl (C=O) groups is 1. The van der Waals surface area contributed by atoms with Crippen molar-refractivity contribution in [3.63, 3.8) is 0 Å². The van der Waals surface area contributed by atoms with Crippen molar-refractivity contribution in [3.8, 4) is 0 Å². The summed E-state index contributed by atoms with van der Waals surface area (Å²) < 4.78 is 25.9. The molecular formula is C17H25N5O3S. The number of fused-ring (bicyclic) bond motifs is 4. The fraction of sp³-hybridized carbons (Fsp3) is 0.706. The summed E-state index contributed by atoms with van der Waals surface area (Å²) in [5.41, 5.74) is 0. The Morgan fingerprint density at radius 3 is 2.81 bits per heavy atom. The van der Waals surface area contributed by atoms with Crippen LogP contribution in [0.15, 0.2) is 18.6 Å². The Morgan fingerprint density at radius 2 is 2.08 bits per heavy atom. The van der Waals surface area contributed by atoms with Crippen LogP contribution in [0, 0.1) is 11.8 Å². The largest absolute Gasteiger partial charge is 0.355 e. The van der Waals surface area contributed by atoms with Crippen LogP contribution in [0.4, 0.5) is 5.82 Å². The lowest BCUT2D eigenvalue weighted by molar-refractivity contribution is -0.148. The van der Waals surface area contributed by atoms with Gasteiger partial charge in [0, 0.05) is 44.5 Å². The average molecular weight is 379 g/mol. The first-order valence-electron chi connectivity index (χ1n) is 9.19. The first-order valence-corrected chi connectivity index (χ1v) is 11.1. The van der Waals surface area contributed by atoms with Crippen molar-refractivity contribution >= 4 is 21.7 Å². The summed E-state index contributed by atoms with van der Waals surface area (Å²) in [6, 6.07) is 0.0941. The van der Waals surface area contributed by atoms with Crippen LogP contribution in [-0.2, 0) is 14.8 Å². The Kier molecular flexibility index (Phi) is 4.60. The molecule has 9 heteroatoms. The van der Waals surface area contributed by atoms with Crippen molar-refractivity contribution in [1.29, 1.82) is 0 Å². The summed E-state index contributed by atoms with van der Waals surface area (Å²) in [5.74, 6) is 1.65. The van der Waals surface area contributed by atoms with E-state index in [9.17, 15) is 13.2 Å². The zero-order valence-electron chi connectivity index (χ0n) is 14.9. The van der Waals surface area contributed by atoms with E-state index in [0.717, 1.165) is 38.2 Å². The molecule has 4 rings (SSSR count). The summed E-state index contributed by atoms with van der Waals surface area (Å²) in [6.45, 7) is 1.92. The van der Waals surface area contributed by atoms with Gasteiger partial charge < -0.3 is 9.80 Å². The molecule has 3 fully saturated rings. The molecule has 0 saturated carbocycles. The number of anilines is 1. The fourth-order valence-electron chi connectivity index (χ4n) is 4.92. The van der Waals surface area contributed by atoms with E-state index >= 15 is 0 Å². The summed E-state index contributed by atoms with van der Waals surface area (Å²) in [6.07, 6.45) is 9.80. The van der Waals surface area contributed by atoms with E-state index in [-0.39, 0.29) is 30.5 Å². The van der Waals surface area contributed by atoms with E-state index in [0.29, 0.717) is 12.3 Å². The summed E-state index contributed by atoms with van der Waals surface area (Å²) in [4.78, 5) is 25.5. The van der Waals surface area contributed by atoms with Gasteiger partial charge in [0.25, 0.3) is 0 Å². The molecule has 0 radical (unpaired) electrons. The third-order valence-electron chi connectivity index (χ3n) is 5.92. The number of rotatable bonds is 4. The quantitative estimate of drug-likeness (QED) is 0.805. The third-order valence-corrected chi connectivity index (χ3v) is 6.62. The predicted octanol–water partition coefficient (Wildman–Crippen LogP) is 0.232. The van der Waals surface area contributed by atoms with Gasteiger partial charge in [-0.15, -0.1) is 0 Å². The Balaban J connectivity index is 1.62. The molecule has 26 heavy (non-hydrogen) atoms. The van der Waals surface area contributed by atoms with Gasteiger partial charge >= 0.3 is 0 Å². The Labute approximate surface area is 154 Å². The first-order chi connectivity index (χ1) is 12.4. The van der Waals surface area contributed by atoms with Crippen LogP contribution in [0.2, 0.25) is 0 Å².